The molecular formula is C24H23NO5S. The molecule has 1 aromatic heterocycles. The van der Waals surface area contributed by atoms with Crippen molar-refractivity contribution in [2.75, 3.05) is 13.1 Å². The van der Waals surface area contributed by atoms with Crippen LogP contribution in [0.1, 0.15) is 35.6 Å². The molecule has 2 aliphatic rings. The van der Waals surface area contributed by atoms with E-state index >= 15 is 0 Å². The van der Waals surface area contributed by atoms with Gasteiger partial charge in [0, 0.05) is 24.2 Å². The Morgan fingerprint density at radius 1 is 0.903 bits per heavy atom. The van der Waals surface area contributed by atoms with Gasteiger partial charge in [0.05, 0.1) is 17.4 Å². The van der Waals surface area contributed by atoms with E-state index in [9.17, 15) is 13.2 Å². The fourth-order valence-corrected chi connectivity index (χ4v) is 6.23. The molecule has 0 radical (unpaired) electrons. The molecule has 31 heavy (non-hydrogen) atoms. The molecule has 0 spiro atoms. The first-order chi connectivity index (χ1) is 15.0. The van der Waals surface area contributed by atoms with Crippen LogP contribution in [-0.4, -0.2) is 37.6 Å². The molecule has 6 nitrogen and oxygen atoms in total. The highest BCUT2D eigenvalue weighted by Crippen LogP contribution is 2.45. The summed E-state index contributed by atoms with van der Waals surface area (Å²) in [5, 5.41) is -0.462. The monoisotopic (exact) mass is 437 g/mol. The molecule has 3 aromatic rings. The number of carbonyl (C=O) groups is 1. The summed E-state index contributed by atoms with van der Waals surface area (Å²) in [6.45, 7) is 0.838. The molecule has 5 rings (SSSR count). The van der Waals surface area contributed by atoms with Gasteiger partial charge in [-0.15, -0.1) is 0 Å². The van der Waals surface area contributed by atoms with Crippen molar-refractivity contribution in [2.24, 2.45) is 0 Å². The zero-order chi connectivity index (χ0) is 21.4. The second-order valence-electron chi connectivity index (χ2n) is 8.02. The highest BCUT2D eigenvalue weighted by molar-refractivity contribution is 7.91. The number of hydrogen-bond donors (Lipinski definition) is 0. The number of piperidine rings is 1. The Labute approximate surface area is 181 Å². The highest BCUT2D eigenvalue weighted by Gasteiger charge is 2.38. The summed E-state index contributed by atoms with van der Waals surface area (Å²) >= 11 is 0. The van der Waals surface area contributed by atoms with Gasteiger partial charge in [0.25, 0.3) is 0 Å². The molecule has 0 bridgehead atoms. The largest absolute Gasteiger partial charge is 0.468 e. The summed E-state index contributed by atoms with van der Waals surface area (Å²) in [6.07, 6.45) is 2.35. The van der Waals surface area contributed by atoms with Gasteiger partial charge in [-0.2, -0.15) is 0 Å². The minimum Gasteiger partial charge on any atom is -0.468 e. The number of para-hydroxylation sites is 2. The van der Waals surface area contributed by atoms with Crippen molar-refractivity contribution >= 4 is 15.7 Å². The quantitative estimate of drug-likeness (QED) is 0.614. The van der Waals surface area contributed by atoms with Crippen molar-refractivity contribution in [2.45, 2.75) is 29.8 Å². The first kappa shape index (κ1) is 19.9. The number of furan rings is 1. The van der Waals surface area contributed by atoms with E-state index in [4.69, 9.17) is 9.15 Å². The van der Waals surface area contributed by atoms with E-state index in [2.05, 4.69) is 0 Å². The van der Waals surface area contributed by atoms with Gasteiger partial charge in [-0.1, -0.05) is 36.4 Å². The molecule has 7 heteroatoms. The lowest BCUT2D eigenvalue weighted by molar-refractivity contribution is -0.132. The Kier molecular flexibility index (Phi) is 5.06. The molecule has 0 atom stereocenters. The van der Waals surface area contributed by atoms with Crippen LogP contribution in [-0.2, 0) is 20.4 Å². The van der Waals surface area contributed by atoms with Crippen LogP contribution in [0.25, 0.3) is 0 Å². The molecule has 2 aliphatic heterocycles. The average molecular weight is 438 g/mol. The van der Waals surface area contributed by atoms with E-state index in [1.54, 1.807) is 17.0 Å². The van der Waals surface area contributed by atoms with Crippen LogP contribution in [0.15, 0.2) is 71.3 Å². The van der Waals surface area contributed by atoms with Gasteiger partial charge in [0.15, 0.2) is 9.84 Å². The lowest BCUT2D eigenvalue weighted by atomic mass is 9.86. The summed E-state index contributed by atoms with van der Waals surface area (Å²) in [6, 6.07) is 18.6. The summed E-state index contributed by atoms with van der Waals surface area (Å²) in [4.78, 5) is 15.4. The number of hydrogen-bond acceptors (Lipinski definition) is 5. The molecule has 1 amide bonds. The molecule has 0 aliphatic carbocycles. The van der Waals surface area contributed by atoms with Gasteiger partial charge in [0.2, 0.25) is 5.91 Å². The Morgan fingerprint density at radius 3 is 2.10 bits per heavy atom. The van der Waals surface area contributed by atoms with Crippen molar-refractivity contribution in [1.29, 1.82) is 0 Å². The Morgan fingerprint density at radius 2 is 1.52 bits per heavy atom. The standard InChI is InChI=1S/C24H23NO5S/c26-24(23-19-7-1-3-9-21(19)30-22-10-4-2-8-20(22)23)25-13-11-18(12-14-25)31(27,28)16-17-6-5-15-29-17/h1-10,15,18,23H,11-14,16H2. The number of nitrogens with zero attached hydrogens (tertiary/aromatic N) is 1. The van der Waals surface area contributed by atoms with Gasteiger partial charge < -0.3 is 14.1 Å². The normalized spacial score (nSPS) is 17.0. The fourth-order valence-electron chi connectivity index (χ4n) is 4.50. The maximum absolute atomic E-state index is 13.6. The lowest BCUT2D eigenvalue weighted by Gasteiger charge is -2.36. The van der Waals surface area contributed by atoms with Crippen LogP contribution in [0.2, 0.25) is 0 Å². The first-order valence-electron chi connectivity index (χ1n) is 10.4. The van der Waals surface area contributed by atoms with Gasteiger partial charge in [-0.3, -0.25) is 4.79 Å². The molecular weight excluding hydrogens is 414 g/mol. The molecule has 1 fully saturated rings. The summed E-state index contributed by atoms with van der Waals surface area (Å²) in [5.41, 5.74) is 1.69. The van der Waals surface area contributed by atoms with Crippen molar-refractivity contribution < 1.29 is 22.4 Å². The van der Waals surface area contributed by atoms with Crippen molar-refractivity contribution in [3.63, 3.8) is 0 Å². The van der Waals surface area contributed by atoms with E-state index in [0.717, 1.165) is 11.1 Å². The van der Waals surface area contributed by atoms with Crippen molar-refractivity contribution in [1.82, 2.24) is 4.90 Å². The second kappa shape index (κ2) is 7.89. The zero-order valence-corrected chi connectivity index (χ0v) is 17.8. The third-order valence-electron chi connectivity index (χ3n) is 6.11. The van der Waals surface area contributed by atoms with Crippen LogP contribution in [0.5, 0.6) is 11.5 Å². The fraction of sp³-hybridized carbons (Fsp3) is 0.292. The van der Waals surface area contributed by atoms with Crippen LogP contribution in [0.3, 0.4) is 0 Å². The number of ether oxygens (including phenoxy) is 1. The third-order valence-corrected chi connectivity index (χ3v) is 8.29. The maximum atomic E-state index is 13.6. The zero-order valence-electron chi connectivity index (χ0n) is 16.9. The predicted molar refractivity (Wildman–Crippen MR) is 116 cm³/mol. The summed E-state index contributed by atoms with van der Waals surface area (Å²) in [7, 11) is -3.33. The third kappa shape index (κ3) is 3.74. The van der Waals surface area contributed by atoms with Crippen LogP contribution < -0.4 is 4.74 Å². The summed E-state index contributed by atoms with van der Waals surface area (Å²) in [5.74, 6) is 1.28. The molecule has 3 heterocycles. The van der Waals surface area contributed by atoms with E-state index in [0.29, 0.717) is 43.2 Å². The SMILES string of the molecule is O=C(C1c2ccccc2Oc2ccccc21)N1CCC(S(=O)(=O)Cc2ccco2)CC1. The topological polar surface area (TPSA) is 76.8 Å². The molecule has 1 saturated heterocycles. The molecule has 2 aromatic carbocycles. The number of rotatable bonds is 4. The van der Waals surface area contributed by atoms with Gasteiger partial charge in [-0.25, -0.2) is 8.42 Å². The smallest absolute Gasteiger partial charge is 0.234 e. The van der Waals surface area contributed by atoms with Crippen LogP contribution in [0, 0.1) is 0 Å². The Bertz CT molecular complexity index is 1150. The minimum absolute atomic E-state index is 0.00918. The van der Waals surface area contributed by atoms with Crippen molar-refractivity contribution in [3.05, 3.63) is 83.8 Å². The average Bonchev–Trinajstić information content (AvgIpc) is 3.29. The number of likely N-dealkylation sites (tertiary alicyclic amines) is 1. The van der Waals surface area contributed by atoms with Gasteiger partial charge in [-0.05, 0) is 37.1 Å². The van der Waals surface area contributed by atoms with Crippen LogP contribution >= 0.6 is 0 Å². The number of carbonyl (C=O) groups excluding carboxylic acids is 1. The van der Waals surface area contributed by atoms with Crippen LogP contribution in [0.4, 0.5) is 0 Å². The first-order valence-corrected chi connectivity index (χ1v) is 12.1. The number of sulfone groups is 1. The number of fused-ring (bicyclic) bond motifs is 2. The number of benzene rings is 2. The predicted octanol–water partition coefficient (Wildman–Crippen LogP) is 4.12. The molecule has 0 saturated carbocycles. The van der Waals surface area contributed by atoms with Gasteiger partial charge >= 0.3 is 0 Å². The van der Waals surface area contributed by atoms with E-state index in [1.165, 1.54) is 6.26 Å². The molecule has 160 valence electrons. The second-order valence-corrected chi connectivity index (χ2v) is 10.3. The van der Waals surface area contributed by atoms with Gasteiger partial charge in [0.1, 0.15) is 23.0 Å². The molecule has 0 unspecified atom stereocenters. The van der Waals surface area contributed by atoms with E-state index in [1.807, 2.05) is 48.5 Å². The van der Waals surface area contributed by atoms with E-state index < -0.39 is 21.0 Å². The Balaban J connectivity index is 1.34. The minimum atomic E-state index is -3.33. The number of amides is 1. The summed E-state index contributed by atoms with van der Waals surface area (Å²) < 4.78 is 36.8. The van der Waals surface area contributed by atoms with E-state index in [-0.39, 0.29) is 11.7 Å². The van der Waals surface area contributed by atoms with Crippen molar-refractivity contribution in [3.8, 4) is 11.5 Å². The molecule has 0 N–H and O–H groups in total. The highest BCUT2D eigenvalue weighted by atomic mass is 32.2. The maximum Gasteiger partial charge on any atom is 0.234 e. The Hall–Kier alpha value is -3.06. The lowest BCUT2D eigenvalue weighted by Crippen LogP contribution is -2.45.